The standard InChI is InChI=1S/C22H33N7O13P2/c1-2-11(20(24)33)4-3-5-25-22-18(32)17(31)14(41-22)8-39-44(36,37)42-43(34,35)38-7-13-12(30)6-15(40-13)29-10-28-16-19(23)26-9-27-21(16)29/h3-5,9-10,12-15,17-18,22,25,30-32H,2,6-8H2,1H3,(H2,24,33)(H,34,35)(H,36,37)(H2,23,26,27)/b5-3-,11-4+. The minimum atomic E-state index is -5.28. The van der Waals surface area contributed by atoms with Crippen molar-refractivity contribution in [2.75, 3.05) is 18.9 Å². The van der Waals surface area contributed by atoms with Gasteiger partial charge in [0.05, 0.1) is 25.6 Å². The summed E-state index contributed by atoms with van der Waals surface area (Å²) in [6.45, 7) is 0.172. The molecule has 0 aliphatic carbocycles. The Morgan fingerprint density at radius 2 is 1.80 bits per heavy atom. The zero-order valence-corrected chi connectivity index (χ0v) is 24.9. The van der Waals surface area contributed by atoms with Crippen molar-refractivity contribution in [3.05, 3.63) is 36.6 Å². The maximum absolute atomic E-state index is 12.4. The van der Waals surface area contributed by atoms with Crippen molar-refractivity contribution >= 4 is 38.5 Å². The van der Waals surface area contributed by atoms with Gasteiger partial charge in [-0.15, -0.1) is 0 Å². The van der Waals surface area contributed by atoms with Gasteiger partial charge in [-0.25, -0.2) is 24.1 Å². The Labute approximate surface area is 249 Å². The predicted octanol–water partition coefficient (Wildman–Crippen LogP) is -1.32. The number of imidazole rings is 1. The number of allylic oxidation sites excluding steroid dienone is 2. The number of nitrogens with zero attached hydrogens (tertiary/aromatic N) is 4. The van der Waals surface area contributed by atoms with Gasteiger partial charge in [-0.3, -0.25) is 18.4 Å². The number of aromatic nitrogens is 4. The summed E-state index contributed by atoms with van der Waals surface area (Å²) in [7, 11) is -10.5. The lowest BCUT2D eigenvalue weighted by molar-refractivity contribution is -0.114. The van der Waals surface area contributed by atoms with Gasteiger partial charge < -0.3 is 51.4 Å². The molecule has 9 unspecified atom stereocenters. The topological polar surface area (TPSA) is 306 Å². The van der Waals surface area contributed by atoms with E-state index in [0.29, 0.717) is 23.2 Å². The Kier molecular flexibility index (Phi) is 10.9. The molecule has 2 saturated heterocycles. The molecule has 22 heteroatoms. The summed E-state index contributed by atoms with van der Waals surface area (Å²) in [5.41, 5.74) is 12.0. The molecule has 1 amide bonds. The molecular formula is C22H33N7O13P2. The van der Waals surface area contributed by atoms with Gasteiger partial charge in [0, 0.05) is 12.0 Å². The molecule has 2 aliphatic rings. The van der Waals surface area contributed by atoms with Crippen LogP contribution in [0, 0.1) is 0 Å². The highest BCUT2D eigenvalue weighted by Crippen LogP contribution is 2.60. The van der Waals surface area contributed by atoms with E-state index in [0.717, 1.165) is 0 Å². The number of fused-ring (bicyclic) bond motifs is 1. The summed E-state index contributed by atoms with van der Waals surface area (Å²) in [5, 5.41) is 33.4. The van der Waals surface area contributed by atoms with E-state index >= 15 is 0 Å². The third kappa shape index (κ3) is 8.25. The molecule has 4 heterocycles. The lowest BCUT2D eigenvalue weighted by Gasteiger charge is -2.20. The summed E-state index contributed by atoms with van der Waals surface area (Å²) in [6, 6.07) is 0. The Balaban J connectivity index is 1.25. The zero-order valence-electron chi connectivity index (χ0n) is 23.1. The number of rotatable bonds is 14. The third-order valence-corrected chi connectivity index (χ3v) is 9.23. The third-order valence-electron chi connectivity index (χ3n) is 6.63. The highest BCUT2D eigenvalue weighted by molar-refractivity contribution is 7.61. The number of carbonyl (C=O) groups excluding carboxylic acids is 1. The average molecular weight is 665 g/mol. The molecule has 4 rings (SSSR count). The number of nitrogens with two attached hydrogens (primary N) is 2. The second-order valence-corrected chi connectivity index (χ2v) is 12.7. The van der Waals surface area contributed by atoms with Crippen LogP contribution in [0.15, 0.2) is 36.6 Å². The maximum Gasteiger partial charge on any atom is 0.481 e. The van der Waals surface area contributed by atoms with Gasteiger partial charge in [-0.05, 0) is 18.7 Å². The summed E-state index contributed by atoms with van der Waals surface area (Å²) in [6.07, 6.45) is -1.57. The van der Waals surface area contributed by atoms with Crippen molar-refractivity contribution in [1.82, 2.24) is 24.8 Å². The minimum Gasteiger partial charge on any atom is -0.390 e. The van der Waals surface area contributed by atoms with Crippen molar-refractivity contribution in [2.45, 2.75) is 62.7 Å². The van der Waals surface area contributed by atoms with E-state index in [1.807, 2.05) is 0 Å². The molecule has 9 atom stereocenters. The Morgan fingerprint density at radius 1 is 1.11 bits per heavy atom. The van der Waals surface area contributed by atoms with Crippen LogP contribution in [-0.2, 0) is 36.8 Å². The number of phosphoric ester groups is 2. The van der Waals surface area contributed by atoms with Crippen LogP contribution in [0.4, 0.5) is 5.82 Å². The van der Waals surface area contributed by atoms with Gasteiger partial charge in [-0.2, -0.15) is 4.31 Å². The molecule has 44 heavy (non-hydrogen) atoms. The molecule has 10 N–H and O–H groups in total. The van der Waals surface area contributed by atoms with Gasteiger partial charge >= 0.3 is 15.6 Å². The number of nitrogen functional groups attached to an aromatic ring is 1. The molecule has 0 spiro atoms. The van der Waals surface area contributed by atoms with Gasteiger partial charge in [-0.1, -0.05) is 13.0 Å². The first-order valence-corrected chi connectivity index (χ1v) is 16.1. The molecule has 244 valence electrons. The lowest BCUT2D eigenvalue weighted by Crippen LogP contribution is -2.38. The minimum absolute atomic E-state index is 0.0205. The number of amides is 1. The van der Waals surface area contributed by atoms with E-state index in [9.17, 15) is 39.0 Å². The molecule has 2 fully saturated rings. The van der Waals surface area contributed by atoms with E-state index in [2.05, 4.69) is 29.1 Å². The number of hydrogen-bond donors (Lipinski definition) is 8. The first kappa shape index (κ1) is 34.0. The molecule has 0 bridgehead atoms. The highest BCUT2D eigenvalue weighted by Gasteiger charge is 2.45. The van der Waals surface area contributed by atoms with E-state index in [4.69, 9.17) is 25.5 Å². The number of hydrogen-bond acceptors (Lipinski definition) is 16. The fourth-order valence-electron chi connectivity index (χ4n) is 4.34. The summed E-state index contributed by atoms with van der Waals surface area (Å²) >= 11 is 0. The van der Waals surface area contributed by atoms with Crippen LogP contribution in [0.3, 0.4) is 0 Å². The van der Waals surface area contributed by atoms with Crippen molar-refractivity contribution in [3.63, 3.8) is 0 Å². The van der Waals surface area contributed by atoms with Gasteiger partial charge in [0.2, 0.25) is 5.91 Å². The van der Waals surface area contributed by atoms with E-state index in [-0.39, 0.29) is 12.2 Å². The van der Waals surface area contributed by atoms with Crippen LogP contribution in [0.2, 0.25) is 0 Å². The smallest absolute Gasteiger partial charge is 0.390 e. The van der Waals surface area contributed by atoms with Crippen molar-refractivity contribution in [2.24, 2.45) is 5.73 Å². The number of aliphatic hydroxyl groups is 3. The lowest BCUT2D eigenvalue weighted by atomic mass is 10.1. The largest absolute Gasteiger partial charge is 0.481 e. The molecule has 2 aromatic rings. The summed E-state index contributed by atoms with van der Waals surface area (Å²) in [4.78, 5) is 43.2. The second-order valence-electron chi connectivity index (χ2n) is 9.64. The monoisotopic (exact) mass is 665 g/mol. The van der Waals surface area contributed by atoms with Crippen LogP contribution in [0.5, 0.6) is 0 Å². The molecule has 2 aromatic heterocycles. The average Bonchev–Trinajstić information content (AvgIpc) is 3.62. The van der Waals surface area contributed by atoms with Crippen LogP contribution in [0.25, 0.3) is 11.2 Å². The number of phosphoric acid groups is 2. The van der Waals surface area contributed by atoms with E-state index < -0.39 is 77.7 Å². The first-order valence-electron chi connectivity index (χ1n) is 13.1. The van der Waals surface area contributed by atoms with Crippen LogP contribution >= 0.6 is 15.6 Å². The Morgan fingerprint density at radius 3 is 2.45 bits per heavy atom. The zero-order chi connectivity index (χ0) is 32.2. The predicted molar refractivity (Wildman–Crippen MR) is 147 cm³/mol. The van der Waals surface area contributed by atoms with Crippen LogP contribution in [0.1, 0.15) is 26.0 Å². The number of aliphatic hydroxyl groups excluding tert-OH is 3. The fraction of sp³-hybridized carbons (Fsp3) is 0.545. The summed E-state index contributed by atoms with van der Waals surface area (Å²) < 4.78 is 51.0. The number of carbonyl (C=O) groups is 1. The SMILES string of the molecule is CC/C(=C\C=C/NC1OC(COP(=O)(O)OP(=O)(O)OCC2OC(n3cnc4c(N)ncnc43)CC2O)C(O)C1O)C(N)=O. The van der Waals surface area contributed by atoms with Gasteiger partial charge in [0.1, 0.15) is 42.5 Å². The number of ether oxygens (including phenoxy) is 2. The van der Waals surface area contributed by atoms with Crippen molar-refractivity contribution < 1.29 is 61.9 Å². The number of primary amides is 1. The molecule has 20 nitrogen and oxygen atoms in total. The van der Waals surface area contributed by atoms with E-state index in [1.54, 1.807) is 6.92 Å². The van der Waals surface area contributed by atoms with E-state index in [1.165, 1.54) is 35.6 Å². The Hall–Kier alpha value is -2.84. The molecular weight excluding hydrogens is 632 g/mol. The van der Waals surface area contributed by atoms with Crippen molar-refractivity contribution in [1.29, 1.82) is 0 Å². The van der Waals surface area contributed by atoms with Crippen molar-refractivity contribution in [3.8, 4) is 0 Å². The van der Waals surface area contributed by atoms with Gasteiger partial charge in [0.25, 0.3) is 0 Å². The molecule has 2 aliphatic heterocycles. The van der Waals surface area contributed by atoms with Crippen LogP contribution < -0.4 is 16.8 Å². The van der Waals surface area contributed by atoms with Gasteiger partial charge in [0.15, 0.2) is 17.7 Å². The second kappa shape index (κ2) is 14.1. The summed E-state index contributed by atoms with van der Waals surface area (Å²) in [5.74, 6) is -0.466. The normalized spacial score (nSPS) is 30.5. The molecule has 0 aromatic carbocycles. The maximum atomic E-state index is 12.4. The molecule has 0 saturated carbocycles. The number of anilines is 1. The quantitative estimate of drug-likeness (QED) is 0.0659. The Bertz CT molecular complexity index is 1490. The first-order chi connectivity index (χ1) is 20.7. The van der Waals surface area contributed by atoms with Crippen LogP contribution in [-0.4, -0.2) is 100 Å². The molecule has 0 radical (unpaired) electrons. The number of nitrogens with one attached hydrogen (secondary N) is 1. The fourth-order valence-corrected chi connectivity index (χ4v) is 6.43. The highest BCUT2D eigenvalue weighted by atomic mass is 31.3.